The maximum Gasteiger partial charge on any atom is 0.292 e. The monoisotopic (exact) mass is 824 g/mol. The SMILES string of the molecule is CC1Cc2c(C(F)F)nn(CC=O)c2C1(F)F.CNc1c(-n2c(C(Cc3cc(F)cc(F)c3)NC)nc3cc(O)ccc3c2=O)ccc(Cl)c1/C(N)=N/S(C)=O. The summed E-state index contributed by atoms with van der Waals surface area (Å²) in [5, 5.41) is 19.9. The third-order valence-corrected chi connectivity index (χ3v) is 9.76. The van der Waals surface area contributed by atoms with Crippen LogP contribution in [0.2, 0.25) is 5.02 Å². The van der Waals surface area contributed by atoms with Crippen LogP contribution in [0.4, 0.5) is 32.0 Å². The van der Waals surface area contributed by atoms with Crippen molar-refractivity contribution in [3.8, 4) is 11.4 Å². The number of nitrogens with two attached hydrogens (primary N) is 1. The fourth-order valence-corrected chi connectivity index (χ4v) is 7.15. The molecule has 0 fully saturated rings. The third kappa shape index (κ3) is 8.29. The molecule has 0 radical (unpaired) electrons. The number of carbonyl (C=O) groups is 1. The summed E-state index contributed by atoms with van der Waals surface area (Å²) in [5.74, 6) is -5.75. The molecule has 0 bridgehead atoms. The number of halogens is 7. The molecule has 5 aromatic rings. The smallest absolute Gasteiger partial charge is 0.292 e. The lowest BCUT2D eigenvalue weighted by Crippen LogP contribution is -2.32. The molecule has 0 amide bonds. The zero-order valence-corrected chi connectivity index (χ0v) is 31.7. The lowest BCUT2D eigenvalue weighted by Gasteiger charge is -2.24. The molecule has 1 aliphatic carbocycles. The molecule has 20 heteroatoms. The quantitative estimate of drug-likeness (QED) is 0.0551. The van der Waals surface area contributed by atoms with Crippen LogP contribution in [0, 0.1) is 17.6 Å². The first kappa shape index (κ1) is 41.9. The number of likely N-dealkylation sites (N-methyl/N-ethyl adjacent to an activating group) is 1. The summed E-state index contributed by atoms with van der Waals surface area (Å²) >= 11 is 6.45. The van der Waals surface area contributed by atoms with E-state index in [4.69, 9.17) is 17.3 Å². The normalized spacial score (nSPS) is 16.0. The molecule has 0 saturated heterocycles. The fraction of sp³-hybridized carbons (Fsp3) is 0.306. The first-order valence-corrected chi connectivity index (χ1v) is 18.6. The van der Waals surface area contributed by atoms with Crippen molar-refractivity contribution in [1.82, 2.24) is 24.6 Å². The number of phenols is 1. The largest absolute Gasteiger partial charge is 0.508 e. The van der Waals surface area contributed by atoms with E-state index >= 15 is 0 Å². The zero-order valence-electron chi connectivity index (χ0n) is 30.1. The van der Waals surface area contributed by atoms with Crippen molar-refractivity contribution < 1.29 is 40.5 Å². The van der Waals surface area contributed by atoms with Crippen molar-refractivity contribution in [3.05, 3.63) is 109 Å². The van der Waals surface area contributed by atoms with Crippen LogP contribution in [0.3, 0.4) is 0 Å². The molecule has 3 atom stereocenters. The first-order chi connectivity index (χ1) is 26.4. The van der Waals surface area contributed by atoms with E-state index in [0.29, 0.717) is 27.9 Å². The number of benzene rings is 3. The van der Waals surface area contributed by atoms with Gasteiger partial charge >= 0.3 is 0 Å². The molecule has 2 aromatic heterocycles. The Bertz CT molecular complexity index is 2410. The number of nitrogens with zero attached hydrogens (tertiary/aromatic N) is 5. The highest BCUT2D eigenvalue weighted by molar-refractivity contribution is 7.83. The number of rotatable bonds is 11. The Kier molecular flexibility index (Phi) is 12.6. The Morgan fingerprint density at radius 2 is 1.84 bits per heavy atom. The van der Waals surface area contributed by atoms with Gasteiger partial charge in [0, 0.05) is 36.9 Å². The number of fused-ring (bicyclic) bond motifs is 2. The summed E-state index contributed by atoms with van der Waals surface area (Å²) in [4.78, 5) is 29.0. The predicted octanol–water partition coefficient (Wildman–Crippen LogP) is 5.87. The van der Waals surface area contributed by atoms with Crippen LogP contribution in [0.25, 0.3) is 16.6 Å². The highest BCUT2D eigenvalue weighted by atomic mass is 35.5. The number of aldehydes is 1. The van der Waals surface area contributed by atoms with E-state index in [0.717, 1.165) is 6.07 Å². The van der Waals surface area contributed by atoms with Crippen molar-refractivity contribution in [2.24, 2.45) is 16.0 Å². The van der Waals surface area contributed by atoms with E-state index in [9.17, 15) is 45.2 Å². The third-order valence-electron chi connectivity index (χ3n) is 8.99. The van der Waals surface area contributed by atoms with E-state index in [-0.39, 0.29) is 57.3 Å². The van der Waals surface area contributed by atoms with Gasteiger partial charge in [-0.05, 0) is 61.9 Å². The summed E-state index contributed by atoms with van der Waals surface area (Å²) < 4.78 is 98.5. The van der Waals surface area contributed by atoms with Crippen LogP contribution in [0.1, 0.15) is 53.3 Å². The number of hydrogen-bond donors (Lipinski definition) is 4. The summed E-state index contributed by atoms with van der Waals surface area (Å²) in [6.07, 6.45) is -1.27. The Hall–Kier alpha value is -5.27. The Morgan fingerprint density at radius 1 is 1.16 bits per heavy atom. The Morgan fingerprint density at radius 3 is 2.43 bits per heavy atom. The summed E-state index contributed by atoms with van der Waals surface area (Å²) in [6.45, 7) is 0.859. The summed E-state index contributed by atoms with van der Waals surface area (Å²) in [6, 6.07) is 9.72. The number of hydrogen-bond acceptors (Lipinski definition) is 8. The highest BCUT2D eigenvalue weighted by Gasteiger charge is 2.51. The molecular formula is C36H35ClF6N8O4S. The van der Waals surface area contributed by atoms with Gasteiger partial charge in [0.05, 0.1) is 45.5 Å². The molecule has 1 aliphatic rings. The van der Waals surface area contributed by atoms with E-state index in [2.05, 4.69) is 25.1 Å². The second-order valence-corrected chi connectivity index (χ2v) is 14.1. The van der Waals surface area contributed by atoms with Crippen LogP contribution in [0.5, 0.6) is 5.75 Å². The molecule has 3 unspecified atom stereocenters. The minimum atomic E-state index is -3.21. The van der Waals surface area contributed by atoms with Crippen LogP contribution in [-0.2, 0) is 41.1 Å². The van der Waals surface area contributed by atoms with Gasteiger partial charge < -0.3 is 26.3 Å². The minimum Gasteiger partial charge on any atom is -0.508 e. The molecule has 5 N–H and O–H groups in total. The van der Waals surface area contributed by atoms with Crippen molar-refractivity contribution in [1.29, 1.82) is 0 Å². The average molecular weight is 825 g/mol. The standard InChI is InChI=1S/C26H25ClF2N6O3S.C10H10F4N2O/c1-31-20(10-13-8-14(28)11-15(29)9-13)25-33-19-12-16(36)4-5-17(19)26(37)35(25)21-7-6-18(27)22(23(21)32-2)24(30)34-39(3)38;1-5-4-6-7(9(11)12)15-16(2-3-17)8(6)10(5,13)14/h4-9,11-12,20,31-32,36H,10H2,1-3H3,(H2,30,34);3,5,9H,2,4H2,1H3. The Labute approximate surface area is 323 Å². The number of phenolic OH excluding ortho intramolecular Hbond substituents is 1. The van der Waals surface area contributed by atoms with Gasteiger partial charge in [-0.3, -0.25) is 14.0 Å². The van der Waals surface area contributed by atoms with E-state index < -0.39 is 70.4 Å². The molecule has 2 heterocycles. The zero-order chi connectivity index (χ0) is 41.2. The molecule has 6 rings (SSSR count). The lowest BCUT2D eigenvalue weighted by atomic mass is 10.0. The minimum absolute atomic E-state index is 0.0652. The number of carbonyl (C=O) groups excluding carboxylic acids is 1. The first-order valence-electron chi connectivity index (χ1n) is 16.7. The van der Waals surface area contributed by atoms with Gasteiger partial charge in [-0.1, -0.05) is 18.5 Å². The summed E-state index contributed by atoms with van der Waals surface area (Å²) in [5.41, 5.74) is 5.76. The molecule has 0 aliphatic heterocycles. The van der Waals surface area contributed by atoms with Gasteiger partial charge in [-0.25, -0.2) is 26.8 Å². The van der Waals surface area contributed by atoms with E-state index in [1.54, 1.807) is 20.2 Å². The number of amidine groups is 1. The second-order valence-electron chi connectivity index (χ2n) is 12.7. The topological polar surface area (TPSA) is 170 Å². The summed E-state index contributed by atoms with van der Waals surface area (Å²) in [7, 11) is 1.59. The number of alkyl halides is 4. The average Bonchev–Trinajstić information content (AvgIpc) is 3.59. The Balaban J connectivity index is 0.000000293. The van der Waals surface area contributed by atoms with Crippen molar-refractivity contribution in [2.75, 3.05) is 25.7 Å². The second kappa shape index (κ2) is 16.8. The maximum atomic E-state index is 14.0. The van der Waals surface area contributed by atoms with Gasteiger partial charge in [-0.2, -0.15) is 18.3 Å². The molecule has 56 heavy (non-hydrogen) atoms. The molecule has 0 saturated carbocycles. The number of aromatic nitrogens is 4. The van der Waals surface area contributed by atoms with Gasteiger partial charge in [-0.15, -0.1) is 0 Å². The number of nitrogens with one attached hydrogen (secondary N) is 2. The predicted molar refractivity (Wildman–Crippen MR) is 200 cm³/mol. The molecular weight excluding hydrogens is 790 g/mol. The van der Waals surface area contributed by atoms with Crippen molar-refractivity contribution in [3.63, 3.8) is 0 Å². The molecule has 3 aromatic carbocycles. The van der Waals surface area contributed by atoms with Gasteiger partial charge in [0.25, 0.3) is 17.9 Å². The van der Waals surface area contributed by atoms with Crippen LogP contribution < -0.4 is 21.9 Å². The van der Waals surface area contributed by atoms with Crippen molar-refractivity contribution >= 4 is 51.3 Å². The van der Waals surface area contributed by atoms with Gasteiger partial charge in [0.1, 0.15) is 57.7 Å². The van der Waals surface area contributed by atoms with Crippen LogP contribution in [0.15, 0.2) is 57.7 Å². The van der Waals surface area contributed by atoms with Crippen LogP contribution >= 0.6 is 11.6 Å². The number of aromatic hydroxyl groups is 1. The van der Waals surface area contributed by atoms with Crippen LogP contribution in [-0.4, -0.2) is 61.1 Å². The maximum absolute atomic E-state index is 14.0. The van der Waals surface area contributed by atoms with E-state index in [1.807, 2.05) is 0 Å². The fourth-order valence-electron chi connectivity index (χ4n) is 6.52. The van der Waals surface area contributed by atoms with E-state index in [1.165, 1.54) is 54.1 Å². The van der Waals surface area contributed by atoms with Gasteiger partial charge in [0.2, 0.25) is 0 Å². The van der Waals surface area contributed by atoms with Crippen molar-refractivity contribution in [2.45, 2.75) is 44.7 Å². The molecule has 298 valence electrons. The number of anilines is 1. The van der Waals surface area contributed by atoms with Gasteiger partial charge in [0.15, 0.2) is 0 Å². The lowest BCUT2D eigenvalue weighted by molar-refractivity contribution is -0.108. The molecule has 0 spiro atoms. The molecule has 12 nitrogen and oxygen atoms in total. The highest BCUT2D eigenvalue weighted by Crippen LogP contribution is 2.48.